The molecule has 4 N–H and O–H groups in total. The predicted octanol–water partition coefficient (Wildman–Crippen LogP) is -0.221. The minimum absolute atomic E-state index is 0.0223. The van der Waals surface area contributed by atoms with Gasteiger partial charge in [-0.15, -0.1) is 0 Å². The van der Waals surface area contributed by atoms with Crippen LogP contribution in [0.2, 0.25) is 5.02 Å². The van der Waals surface area contributed by atoms with Gasteiger partial charge in [-0.1, -0.05) is 23.7 Å². The van der Waals surface area contributed by atoms with Crippen LogP contribution in [0, 0.1) is 5.92 Å². The summed E-state index contributed by atoms with van der Waals surface area (Å²) in [5.74, 6) is -0.319. The number of hydrogen-bond acceptors (Lipinski definition) is 2. The van der Waals surface area contributed by atoms with E-state index in [-0.39, 0.29) is 17.7 Å². The molecule has 1 unspecified atom stereocenters. The van der Waals surface area contributed by atoms with E-state index in [1.807, 2.05) is 24.3 Å². The van der Waals surface area contributed by atoms with Crippen molar-refractivity contribution < 1.29 is 14.5 Å². The van der Waals surface area contributed by atoms with Gasteiger partial charge in [-0.3, -0.25) is 9.59 Å². The van der Waals surface area contributed by atoms with E-state index in [2.05, 4.69) is 5.32 Å². The fraction of sp³-hybridized carbons (Fsp3) is 0.500. The van der Waals surface area contributed by atoms with E-state index in [1.165, 1.54) is 0 Å². The van der Waals surface area contributed by atoms with Crippen molar-refractivity contribution in [3.05, 3.63) is 34.9 Å². The Labute approximate surface area is 135 Å². The lowest BCUT2D eigenvalue weighted by Gasteiger charge is -2.27. The minimum Gasteiger partial charge on any atom is -0.369 e. The van der Waals surface area contributed by atoms with E-state index in [1.54, 1.807) is 0 Å². The first kappa shape index (κ1) is 16.8. The zero-order valence-corrected chi connectivity index (χ0v) is 13.4. The first-order chi connectivity index (χ1) is 10.5. The smallest absolute Gasteiger partial charge is 0.275 e. The number of carbonyl (C=O) groups excluding carboxylic acids is 2. The molecule has 1 aromatic carbocycles. The lowest BCUT2D eigenvalue weighted by atomic mass is 9.97. The monoisotopic (exact) mass is 324 g/mol. The van der Waals surface area contributed by atoms with Crippen molar-refractivity contribution >= 4 is 23.4 Å². The van der Waals surface area contributed by atoms with Crippen molar-refractivity contribution in [2.75, 3.05) is 26.2 Å². The third-order valence-corrected chi connectivity index (χ3v) is 4.33. The summed E-state index contributed by atoms with van der Waals surface area (Å²) in [6, 6.07) is 7.62. The highest BCUT2D eigenvalue weighted by Gasteiger charge is 2.28. The van der Waals surface area contributed by atoms with Gasteiger partial charge in [-0.05, 0) is 37.0 Å². The minimum atomic E-state index is -0.250. The van der Waals surface area contributed by atoms with Crippen molar-refractivity contribution in [3.63, 3.8) is 0 Å². The third-order valence-electron chi connectivity index (χ3n) is 4.08. The van der Waals surface area contributed by atoms with Crippen LogP contribution in [0.5, 0.6) is 0 Å². The fourth-order valence-electron chi connectivity index (χ4n) is 2.84. The number of hydrogen-bond donors (Lipinski definition) is 3. The fourth-order valence-corrected chi connectivity index (χ4v) is 2.97. The summed E-state index contributed by atoms with van der Waals surface area (Å²) in [6.07, 6.45) is 2.57. The first-order valence-corrected chi connectivity index (χ1v) is 8.06. The van der Waals surface area contributed by atoms with Gasteiger partial charge in [0.25, 0.3) is 5.91 Å². The highest BCUT2D eigenvalue weighted by molar-refractivity contribution is 6.30. The van der Waals surface area contributed by atoms with Gasteiger partial charge in [0.1, 0.15) is 0 Å². The number of halogens is 1. The quantitative estimate of drug-likeness (QED) is 0.676. The molecule has 120 valence electrons. The van der Waals surface area contributed by atoms with E-state index in [9.17, 15) is 9.59 Å². The van der Waals surface area contributed by atoms with Crippen LogP contribution in [-0.4, -0.2) is 38.0 Å². The van der Waals surface area contributed by atoms with Gasteiger partial charge >= 0.3 is 0 Å². The molecule has 0 saturated carbocycles. The van der Waals surface area contributed by atoms with Crippen LogP contribution < -0.4 is 16.0 Å². The molecule has 6 heteroatoms. The van der Waals surface area contributed by atoms with Crippen molar-refractivity contribution in [1.82, 2.24) is 5.32 Å². The van der Waals surface area contributed by atoms with E-state index in [0.717, 1.165) is 36.3 Å². The van der Waals surface area contributed by atoms with Gasteiger partial charge in [0, 0.05) is 11.6 Å². The van der Waals surface area contributed by atoms with Gasteiger partial charge in [0.2, 0.25) is 5.91 Å². The Morgan fingerprint density at radius 1 is 1.32 bits per heavy atom. The SMILES string of the molecule is NC(=O)[C@@H]1CCC[NH+](CC(=O)NCCc2ccc(Cl)cc2)C1. The van der Waals surface area contributed by atoms with Crippen LogP contribution in [0.3, 0.4) is 0 Å². The number of nitrogens with one attached hydrogen (secondary N) is 2. The Bertz CT molecular complexity index is 519. The molecular weight excluding hydrogens is 302 g/mol. The number of quaternary nitrogens is 1. The highest BCUT2D eigenvalue weighted by atomic mass is 35.5. The third kappa shape index (κ3) is 5.31. The molecule has 0 radical (unpaired) electrons. The van der Waals surface area contributed by atoms with Gasteiger partial charge in [-0.2, -0.15) is 0 Å². The average molecular weight is 325 g/mol. The molecule has 2 rings (SSSR count). The Hall–Kier alpha value is -1.59. The van der Waals surface area contributed by atoms with E-state index in [0.29, 0.717) is 24.7 Å². The number of rotatable bonds is 6. The molecule has 1 aliphatic rings. The molecule has 1 fully saturated rings. The summed E-state index contributed by atoms with van der Waals surface area (Å²) in [5, 5.41) is 3.64. The second-order valence-corrected chi connectivity index (χ2v) is 6.29. The zero-order chi connectivity index (χ0) is 15.9. The number of nitrogens with two attached hydrogens (primary N) is 1. The molecule has 1 saturated heterocycles. The van der Waals surface area contributed by atoms with E-state index < -0.39 is 0 Å². The first-order valence-electron chi connectivity index (χ1n) is 7.68. The van der Waals surface area contributed by atoms with Crippen LogP contribution in [0.15, 0.2) is 24.3 Å². The molecule has 5 nitrogen and oxygen atoms in total. The Balaban J connectivity index is 1.69. The van der Waals surface area contributed by atoms with Gasteiger partial charge < -0.3 is 16.0 Å². The maximum Gasteiger partial charge on any atom is 0.275 e. The molecule has 0 bridgehead atoms. The number of carbonyl (C=O) groups is 2. The highest BCUT2D eigenvalue weighted by Crippen LogP contribution is 2.09. The summed E-state index contributed by atoms with van der Waals surface area (Å²) in [4.78, 5) is 24.3. The second-order valence-electron chi connectivity index (χ2n) is 5.85. The average Bonchev–Trinajstić information content (AvgIpc) is 2.49. The molecular formula is C16H23ClN3O2+. The molecule has 1 aromatic rings. The maximum atomic E-state index is 12.0. The van der Waals surface area contributed by atoms with Crippen LogP contribution >= 0.6 is 11.6 Å². The molecule has 0 spiro atoms. The maximum absolute atomic E-state index is 12.0. The van der Waals surface area contributed by atoms with Crippen molar-refractivity contribution in [2.45, 2.75) is 19.3 Å². The predicted molar refractivity (Wildman–Crippen MR) is 85.6 cm³/mol. The summed E-state index contributed by atoms with van der Waals surface area (Å²) in [6.45, 7) is 2.60. The topological polar surface area (TPSA) is 76.6 Å². The van der Waals surface area contributed by atoms with Crippen molar-refractivity contribution in [1.29, 1.82) is 0 Å². The summed E-state index contributed by atoms with van der Waals surface area (Å²) < 4.78 is 0. The van der Waals surface area contributed by atoms with Gasteiger partial charge in [0.15, 0.2) is 6.54 Å². The molecule has 2 atom stereocenters. The van der Waals surface area contributed by atoms with Gasteiger partial charge in [0.05, 0.1) is 19.0 Å². The number of piperidine rings is 1. The molecule has 0 aromatic heterocycles. The summed E-state index contributed by atoms with van der Waals surface area (Å²) in [5.41, 5.74) is 6.50. The molecule has 0 aliphatic carbocycles. The lowest BCUT2D eigenvalue weighted by Crippen LogP contribution is -3.15. The van der Waals surface area contributed by atoms with Crippen LogP contribution in [0.25, 0.3) is 0 Å². The van der Waals surface area contributed by atoms with Crippen LogP contribution in [0.4, 0.5) is 0 Å². The molecule has 1 heterocycles. The largest absolute Gasteiger partial charge is 0.369 e. The lowest BCUT2D eigenvalue weighted by molar-refractivity contribution is -0.899. The Morgan fingerprint density at radius 2 is 2.05 bits per heavy atom. The number of likely N-dealkylation sites (tertiary alicyclic amines) is 1. The molecule has 22 heavy (non-hydrogen) atoms. The Morgan fingerprint density at radius 3 is 2.73 bits per heavy atom. The summed E-state index contributed by atoms with van der Waals surface area (Å²) >= 11 is 5.83. The van der Waals surface area contributed by atoms with Gasteiger partial charge in [-0.25, -0.2) is 0 Å². The standard InChI is InChI=1S/C16H22ClN3O2/c17-14-5-3-12(4-6-14)7-8-19-15(21)11-20-9-1-2-13(10-20)16(18)22/h3-6,13H,1-2,7-11H2,(H2,18,22)(H,19,21)/p+1/t13-/m1/s1. The van der Waals surface area contributed by atoms with E-state index in [4.69, 9.17) is 17.3 Å². The normalized spacial score (nSPS) is 21.3. The van der Waals surface area contributed by atoms with Crippen LogP contribution in [0.1, 0.15) is 18.4 Å². The number of benzene rings is 1. The zero-order valence-electron chi connectivity index (χ0n) is 12.6. The van der Waals surface area contributed by atoms with Crippen LogP contribution in [-0.2, 0) is 16.0 Å². The Kier molecular flexibility index (Phi) is 6.21. The molecule has 1 aliphatic heterocycles. The second kappa shape index (κ2) is 8.15. The van der Waals surface area contributed by atoms with Crippen molar-refractivity contribution in [3.8, 4) is 0 Å². The van der Waals surface area contributed by atoms with Crippen molar-refractivity contribution in [2.24, 2.45) is 11.7 Å². The number of primary amides is 1. The number of amides is 2. The molecule has 2 amide bonds. The summed E-state index contributed by atoms with van der Waals surface area (Å²) in [7, 11) is 0. The van der Waals surface area contributed by atoms with E-state index >= 15 is 0 Å².